The number of carbonyl (C=O) groups is 3. The minimum absolute atomic E-state index is 0.480. The molecule has 1 aromatic rings. The number of Topliss-reactive ketones (excluding diaryl/α,β-unsaturated/α-hetero) is 3. The summed E-state index contributed by atoms with van der Waals surface area (Å²) in [5, 5.41) is 0. The van der Waals surface area contributed by atoms with Crippen LogP contribution in [0, 0.1) is 0 Å². The summed E-state index contributed by atoms with van der Waals surface area (Å²) in [5.41, 5.74) is -1.59. The summed E-state index contributed by atoms with van der Waals surface area (Å²) in [6.07, 6.45) is 0. The summed E-state index contributed by atoms with van der Waals surface area (Å²) >= 11 is 49.9. The third kappa shape index (κ3) is 5.42. The lowest BCUT2D eigenvalue weighted by atomic mass is 9.93. The van der Waals surface area contributed by atoms with Crippen LogP contribution in [0.3, 0.4) is 0 Å². The topological polar surface area (TPSA) is 51.2 Å². The molecule has 12 heteroatoms. The molecule has 0 aliphatic carbocycles. The minimum Gasteiger partial charge on any atom is -0.289 e. The van der Waals surface area contributed by atoms with Crippen LogP contribution in [-0.2, 0) is 0 Å². The fourth-order valence-corrected chi connectivity index (χ4v) is 2.52. The smallest absolute Gasteiger partial charge is 0.253 e. The van der Waals surface area contributed by atoms with Gasteiger partial charge in [0, 0.05) is 16.7 Å². The monoisotopic (exact) mass is 510 g/mol. The second-order valence-corrected chi connectivity index (χ2v) is 11.1. The second kappa shape index (κ2) is 7.84. The van der Waals surface area contributed by atoms with Crippen molar-refractivity contribution in [2.24, 2.45) is 0 Å². The molecule has 0 heterocycles. The lowest BCUT2D eigenvalue weighted by Crippen LogP contribution is -2.30. The predicted octanol–water partition coefficient (Wildman–Crippen LogP) is 6.35. The van der Waals surface area contributed by atoms with Crippen LogP contribution in [0.25, 0.3) is 0 Å². The molecule has 0 amide bonds. The van der Waals surface area contributed by atoms with Gasteiger partial charge in [0.05, 0.1) is 0 Å². The quantitative estimate of drug-likeness (QED) is 0.349. The molecule has 0 bridgehead atoms. The lowest BCUT2D eigenvalue weighted by molar-refractivity contribution is 0.0951. The van der Waals surface area contributed by atoms with Gasteiger partial charge in [0.25, 0.3) is 11.4 Å². The molecule has 0 unspecified atom stereocenters. The number of ketones is 3. The van der Waals surface area contributed by atoms with Crippen molar-refractivity contribution in [2.75, 3.05) is 0 Å². The maximum atomic E-state index is 12.4. The van der Waals surface area contributed by atoms with Gasteiger partial charge in [0.1, 0.15) is 0 Å². The highest BCUT2D eigenvalue weighted by Crippen LogP contribution is 2.39. The molecule has 0 atom stereocenters. The first kappa shape index (κ1) is 22.9. The molecule has 132 valence electrons. The van der Waals surface area contributed by atoms with E-state index in [0.717, 1.165) is 12.1 Å². The number of benzene rings is 1. The summed E-state index contributed by atoms with van der Waals surface area (Å²) < 4.78 is -7.40. The SMILES string of the molecule is O=C(c1cccc(C(=O)C(Cl)(Cl)Cl)c1C(=O)C(Cl)(Cl)Cl)C(Cl)(Cl)Cl. The van der Waals surface area contributed by atoms with E-state index in [2.05, 4.69) is 0 Å². The first-order valence-corrected chi connectivity index (χ1v) is 8.96. The Balaban J connectivity index is 3.79. The molecule has 1 rings (SSSR count). The highest BCUT2D eigenvalue weighted by Gasteiger charge is 2.43. The molecule has 0 spiro atoms. The Bertz CT molecular complexity index is 651. The van der Waals surface area contributed by atoms with Gasteiger partial charge in [-0.3, -0.25) is 14.4 Å². The maximum absolute atomic E-state index is 12.4. The van der Waals surface area contributed by atoms with Crippen molar-refractivity contribution in [2.45, 2.75) is 11.4 Å². The van der Waals surface area contributed by atoms with E-state index in [0.29, 0.717) is 0 Å². The van der Waals surface area contributed by atoms with E-state index < -0.39 is 45.4 Å². The van der Waals surface area contributed by atoms with Crippen molar-refractivity contribution in [3.63, 3.8) is 0 Å². The zero-order valence-corrected chi connectivity index (χ0v) is 17.7. The zero-order chi connectivity index (χ0) is 19.1. The average Bonchev–Trinajstić information content (AvgIpc) is 2.41. The molecule has 0 saturated heterocycles. The van der Waals surface area contributed by atoms with Crippen molar-refractivity contribution in [3.8, 4) is 0 Å². The standard InChI is InChI=1S/C12H3Cl9O3/c13-10(14,15)7(22)4-2-1-3-5(8(23)11(16,17)18)6(4)9(24)12(19,20)21/h1-3H. The van der Waals surface area contributed by atoms with E-state index >= 15 is 0 Å². The van der Waals surface area contributed by atoms with E-state index in [1.54, 1.807) is 0 Å². The fraction of sp³-hybridized carbons (Fsp3) is 0.250. The van der Waals surface area contributed by atoms with Crippen LogP contribution < -0.4 is 0 Å². The molecule has 0 N–H and O–H groups in total. The molecule has 0 aliphatic rings. The lowest BCUT2D eigenvalue weighted by Gasteiger charge is -2.20. The van der Waals surface area contributed by atoms with Gasteiger partial charge in [-0.25, -0.2) is 0 Å². The minimum atomic E-state index is -2.52. The Labute approximate surface area is 181 Å². The molecule has 0 saturated carbocycles. The fourth-order valence-electron chi connectivity index (χ4n) is 1.62. The van der Waals surface area contributed by atoms with Crippen molar-refractivity contribution < 1.29 is 14.4 Å². The Kier molecular flexibility index (Phi) is 7.47. The number of hydrogen-bond acceptors (Lipinski definition) is 3. The molecule has 0 radical (unpaired) electrons. The van der Waals surface area contributed by atoms with Gasteiger partial charge in [-0.15, -0.1) is 0 Å². The van der Waals surface area contributed by atoms with Crippen LogP contribution in [-0.4, -0.2) is 28.7 Å². The van der Waals surface area contributed by atoms with Crippen LogP contribution in [0.5, 0.6) is 0 Å². The van der Waals surface area contributed by atoms with Gasteiger partial charge >= 0.3 is 0 Å². The highest BCUT2D eigenvalue weighted by molar-refractivity contribution is 6.80. The first-order valence-electron chi connectivity index (χ1n) is 5.56. The van der Waals surface area contributed by atoms with E-state index in [1.807, 2.05) is 0 Å². The van der Waals surface area contributed by atoms with Gasteiger partial charge in [0.15, 0.2) is 0 Å². The van der Waals surface area contributed by atoms with Crippen LogP contribution in [0.2, 0.25) is 0 Å². The van der Waals surface area contributed by atoms with Crippen molar-refractivity contribution in [1.82, 2.24) is 0 Å². The van der Waals surface area contributed by atoms with Gasteiger partial charge in [-0.05, 0) is 0 Å². The molecule has 1 aromatic carbocycles. The summed E-state index contributed by atoms with van der Waals surface area (Å²) in [6.45, 7) is 0. The Morgan fingerprint density at radius 2 is 0.875 bits per heavy atom. The Morgan fingerprint density at radius 3 is 1.12 bits per heavy atom. The van der Waals surface area contributed by atoms with E-state index in [-0.39, 0.29) is 0 Å². The van der Waals surface area contributed by atoms with Gasteiger partial charge in [-0.2, -0.15) is 0 Å². The molecular weight excluding hydrogens is 511 g/mol. The van der Waals surface area contributed by atoms with E-state index in [1.165, 1.54) is 6.07 Å². The largest absolute Gasteiger partial charge is 0.289 e. The molecule has 24 heavy (non-hydrogen) atoms. The summed E-state index contributed by atoms with van der Waals surface area (Å²) in [7, 11) is 0. The van der Waals surface area contributed by atoms with Gasteiger partial charge < -0.3 is 0 Å². The van der Waals surface area contributed by atoms with Crippen molar-refractivity contribution in [3.05, 3.63) is 34.9 Å². The normalized spacial score (nSPS) is 12.9. The number of rotatable bonds is 3. The van der Waals surface area contributed by atoms with E-state index in [4.69, 9.17) is 104 Å². The summed E-state index contributed by atoms with van der Waals surface area (Å²) in [4.78, 5) is 36.9. The van der Waals surface area contributed by atoms with Crippen molar-refractivity contribution >= 4 is 122 Å². The highest BCUT2D eigenvalue weighted by atomic mass is 35.6. The number of halogens is 9. The van der Waals surface area contributed by atoms with Crippen molar-refractivity contribution in [1.29, 1.82) is 0 Å². The van der Waals surface area contributed by atoms with Crippen LogP contribution >= 0.6 is 104 Å². The molecular formula is C12H3Cl9O3. The maximum Gasteiger partial charge on any atom is 0.253 e. The second-order valence-electron chi connectivity index (χ2n) is 4.21. The zero-order valence-electron chi connectivity index (χ0n) is 10.9. The first-order chi connectivity index (χ1) is 10.6. The summed E-state index contributed by atoms with van der Waals surface area (Å²) in [6, 6.07) is 3.41. The van der Waals surface area contributed by atoms with Crippen LogP contribution in [0.15, 0.2) is 18.2 Å². The molecule has 0 aromatic heterocycles. The molecule has 3 nitrogen and oxygen atoms in total. The third-order valence-corrected chi connectivity index (χ3v) is 4.10. The van der Waals surface area contributed by atoms with Gasteiger partial charge in [0.2, 0.25) is 17.3 Å². The molecule has 0 aliphatic heterocycles. The van der Waals surface area contributed by atoms with Gasteiger partial charge in [-0.1, -0.05) is 123 Å². The number of hydrogen-bond donors (Lipinski definition) is 0. The Morgan fingerprint density at radius 1 is 0.583 bits per heavy atom. The number of alkyl halides is 9. The average molecular weight is 514 g/mol. The summed E-state index contributed by atoms with van der Waals surface area (Å²) in [5.74, 6) is -3.50. The van der Waals surface area contributed by atoms with Crippen LogP contribution in [0.4, 0.5) is 0 Å². The predicted molar refractivity (Wildman–Crippen MR) is 100 cm³/mol. The number of carbonyl (C=O) groups excluding carboxylic acids is 3. The van der Waals surface area contributed by atoms with E-state index in [9.17, 15) is 14.4 Å². The Hall–Kier alpha value is 0.840. The third-order valence-electron chi connectivity index (χ3n) is 2.55. The van der Waals surface area contributed by atoms with Crippen LogP contribution in [0.1, 0.15) is 31.1 Å². The molecule has 0 fully saturated rings.